The molecule has 4 nitrogen and oxygen atoms in total. The standard InChI is InChI=1S/C12H16O4/c1-3-5-7-6-9(13)11(14)10(12(15)16)8(7)4-2/h6,13-14H,3-5H2,1-2H3,(H,15,16). The SMILES string of the molecule is CCCc1cc(O)c(O)c(C(=O)O)c1CC. The fourth-order valence-corrected chi connectivity index (χ4v) is 1.88. The summed E-state index contributed by atoms with van der Waals surface area (Å²) in [5, 5.41) is 28.0. The summed E-state index contributed by atoms with van der Waals surface area (Å²) in [5.41, 5.74) is 1.22. The molecule has 0 atom stereocenters. The van der Waals surface area contributed by atoms with E-state index >= 15 is 0 Å². The lowest BCUT2D eigenvalue weighted by Crippen LogP contribution is -2.06. The molecular weight excluding hydrogens is 208 g/mol. The number of phenols is 2. The monoisotopic (exact) mass is 224 g/mol. The van der Waals surface area contributed by atoms with Crippen LogP contribution in [0.2, 0.25) is 0 Å². The van der Waals surface area contributed by atoms with Gasteiger partial charge < -0.3 is 15.3 Å². The first-order valence-corrected chi connectivity index (χ1v) is 5.32. The summed E-state index contributed by atoms with van der Waals surface area (Å²) in [6.07, 6.45) is 2.07. The molecule has 0 bridgehead atoms. The van der Waals surface area contributed by atoms with Crippen molar-refractivity contribution in [2.75, 3.05) is 0 Å². The minimum atomic E-state index is -1.21. The van der Waals surface area contributed by atoms with Crippen molar-refractivity contribution in [1.29, 1.82) is 0 Å². The second-order valence-electron chi connectivity index (χ2n) is 3.67. The van der Waals surface area contributed by atoms with Crippen LogP contribution in [-0.4, -0.2) is 21.3 Å². The number of hydrogen-bond donors (Lipinski definition) is 3. The largest absolute Gasteiger partial charge is 0.504 e. The molecule has 0 fully saturated rings. The van der Waals surface area contributed by atoms with Crippen molar-refractivity contribution in [3.63, 3.8) is 0 Å². The minimum absolute atomic E-state index is 0.175. The molecular formula is C12H16O4. The minimum Gasteiger partial charge on any atom is -0.504 e. The van der Waals surface area contributed by atoms with Gasteiger partial charge in [-0.15, -0.1) is 0 Å². The van der Waals surface area contributed by atoms with E-state index in [1.165, 1.54) is 6.07 Å². The van der Waals surface area contributed by atoms with Crippen molar-refractivity contribution < 1.29 is 20.1 Å². The summed E-state index contributed by atoms with van der Waals surface area (Å²) in [7, 11) is 0. The van der Waals surface area contributed by atoms with E-state index in [1.807, 2.05) is 13.8 Å². The molecule has 4 heteroatoms. The number of carboxylic acids is 1. The fourth-order valence-electron chi connectivity index (χ4n) is 1.88. The third-order valence-electron chi connectivity index (χ3n) is 2.57. The highest BCUT2D eigenvalue weighted by Crippen LogP contribution is 2.35. The van der Waals surface area contributed by atoms with Crippen LogP contribution in [0.3, 0.4) is 0 Å². The number of aromatic hydroxyl groups is 2. The molecule has 1 aromatic rings. The van der Waals surface area contributed by atoms with Gasteiger partial charge in [0.25, 0.3) is 0 Å². The molecule has 0 amide bonds. The Labute approximate surface area is 94.2 Å². The second kappa shape index (κ2) is 4.88. The topological polar surface area (TPSA) is 77.8 Å². The van der Waals surface area contributed by atoms with Crippen LogP contribution in [0.15, 0.2) is 6.07 Å². The molecule has 0 aliphatic heterocycles. The van der Waals surface area contributed by atoms with Gasteiger partial charge in [-0.2, -0.15) is 0 Å². The molecule has 0 spiro atoms. The van der Waals surface area contributed by atoms with E-state index in [9.17, 15) is 15.0 Å². The Morgan fingerprint density at radius 3 is 2.38 bits per heavy atom. The summed E-state index contributed by atoms with van der Waals surface area (Å²) in [5.74, 6) is -2.11. The molecule has 0 saturated heterocycles. The first-order valence-electron chi connectivity index (χ1n) is 5.32. The Hall–Kier alpha value is -1.71. The average molecular weight is 224 g/mol. The van der Waals surface area contributed by atoms with Crippen molar-refractivity contribution in [2.24, 2.45) is 0 Å². The lowest BCUT2D eigenvalue weighted by Gasteiger charge is -2.13. The van der Waals surface area contributed by atoms with Crippen LogP contribution < -0.4 is 0 Å². The van der Waals surface area contributed by atoms with Crippen molar-refractivity contribution in [3.8, 4) is 11.5 Å². The third-order valence-corrected chi connectivity index (χ3v) is 2.57. The second-order valence-corrected chi connectivity index (χ2v) is 3.67. The average Bonchev–Trinajstić information content (AvgIpc) is 2.22. The summed E-state index contributed by atoms with van der Waals surface area (Å²) in [4.78, 5) is 11.0. The van der Waals surface area contributed by atoms with Crippen molar-refractivity contribution in [1.82, 2.24) is 0 Å². The van der Waals surface area contributed by atoms with Crippen LogP contribution in [0, 0.1) is 0 Å². The molecule has 0 aromatic heterocycles. The van der Waals surface area contributed by atoms with Gasteiger partial charge in [0.15, 0.2) is 11.5 Å². The number of benzene rings is 1. The number of rotatable bonds is 4. The molecule has 88 valence electrons. The van der Waals surface area contributed by atoms with E-state index in [0.29, 0.717) is 18.4 Å². The Bertz CT molecular complexity index is 410. The van der Waals surface area contributed by atoms with E-state index < -0.39 is 11.7 Å². The molecule has 0 aliphatic rings. The molecule has 1 rings (SSSR count). The molecule has 0 radical (unpaired) electrons. The van der Waals surface area contributed by atoms with Gasteiger partial charge in [0.05, 0.1) is 0 Å². The maximum atomic E-state index is 11.0. The number of carbonyl (C=O) groups is 1. The van der Waals surface area contributed by atoms with Gasteiger partial charge in [-0.05, 0) is 30.0 Å². The predicted octanol–water partition coefficient (Wildman–Crippen LogP) is 2.31. The van der Waals surface area contributed by atoms with E-state index in [2.05, 4.69) is 0 Å². The summed E-state index contributed by atoms with van der Waals surface area (Å²) < 4.78 is 0. The molecule has 0 aliphatic carbocycles. The number of phenolic OH excluding ortho intramolecular Hbond substituents is 1. The third kappa shape index (κ3) is 2.10. The zero-order valence-electron chi connectivity index (χ0n) is 9.45. The molecule has 16 heavy (non-hydrogen) atoms. The van der Waals surface area contributed by atoms with Crippen LogP contribution in [0.1, 0.15) is 41.8 Å². The summed E-state index contributed by atoms with van der Waals surface area (Å²) >= 11 is 0. The van der Waals surface area contributed by atoms with Gasteiger partial charge in [-0.3, -0.25) is 0 Å². The number of carboxylic acid groups (broad SMARTS) is 1. The van der Waals surface area contributed by atoms with Crippen LogP contribution >= 0.6 is 0 Å². The van der Waals surface area contributed by atoms with Gasteiger partial charge in [0.2, 0.25) is 0 Å². The predicted molar refractivity (Wildman–Crippen MR) is 60.1 cm³/mol. The Kier molecular flexibility index (Phi) is 3.77. The lowest BCUT2D eigenvalue weighted by molar-refractivity contribution is 0.0691. The first kappa shape index (κ1) is 12.4. The maximum Gasteiger partial charge on any atom is 0.339 e. The van der Waals surface area contributed by atoms with Gasteiger partial charge in [0.1, 0.15) is 5.56 Å². The Morgan fingerprint density at radius 1 is 1.31 bits per heavy atom. The maximum absolute atomic E-state index is 11.0. The van der Waals surface area contributed by atoms with Gasteiger partial charge in [-0.25, -0.2) is 4.79 Å². The van der Waals surface area contributed by atoms with Crippen LogP contribution in [0.4, 0.5) is 0 Å². The van der Waals surface area contributed by atoms with E-state index in [0.717, 1.165) is 12.0 Å². The smallest absolute Gasteiger partial charge is 0.339 e. The van der Waals surface area contributed by atoms with E-state index in [4.69, 9.17) is 5.11 Å². The number of aryl methyl sites for hydroxylation is 1. The number of hydrogen-bond acceptors (Lipinski definition) is 3. The highest BCUT2D eigenvalue weighted by atomic mass is 16.4. The van der Waals surface area contributed by atoms with Crippen molar-refractivity contribution in [3.05, 3.63) is 22.8 Å². The Morgan fingerprint density at radius 2 is 1.94 bits per heavy atom. The molecule has 0 saturated carbocycles. The fraction of sp³-hybridized carbons (Fsp3) is 0.417. The number of aromatic carboxylic acids is 1. The van der Waals surface area contributed by atoms with Crippen LogP contribution in [-0.2, 0) is 12.8 Å². The van der Waals surface area contributed by atoms with Crippen LogP contribution in [0.5, 0.6) is 11.5 Å². The first-order chi connectivity index (χ1) is 7.52. The zero-order valence-corrected chi connectivity index (χ0v) is 9.45. The van der Waals surface area contributed by atoms with Gasteiger partial charge >= 0.3 is 5.97 Å². The van der Waals surface area contributed by atoms with Gasteiger partial charge in [-0.1, -0.05) is 20.3 Å². The molecule has 0 heterocycles. The van der Waals surface area contributed by atoms with E-state index in [-0.39, 0.29) is 11.3 Å². The highest BCUT2D eigenvalue weighted by molar-refractivity contribution is 5.94. The normalized spacial score (nSPS) is 10.4. The molecule has 1 aromatic carbocycles. The molecule has 0 unspecified atom stereocenters. The highest BCUT2D eigenvalue weighted by Gasteiger charge is 2.20. The lowest BCUT2D eigenvalue weighted by atomic mass is 9.94. The quantitative estimate of drug-likeness (QED) is 0.686. The summed E-state index contributed by atoms with van der Waals surface area (Å²) in [6.45, 7) is 3.81. The van der Waals surface area contributed by atoms with Gasteiger partial charge in [0, 0.05) is 0 Å². The molecule has 3 N–H and O–H groups in total. The zero-order chi connectivity index (χ0) is 12.3. The van der Waals surface area contributed by atoms with Crippen LogP contribution in [0.25, 0.3) is 0 Å². The van der Waals surface area contributed by atoms with Crippen molar-refractivity contribution in [2.45, 2.75) is 33.1 Å². The summed E-state index contributed by atoms with van der Waals surface area (Å²) in [6, 6.07) is 1.45. The van der Waals surface area contributed by atoms with Crippen molar-refractivity contribution >= 4 is 5.97 Å². The van der Waals surface area contributed by atoms with E-state index in [1.54, 1.807) is 0 Å². The Balaban J connectivity index is 3.48.